The van der Waals surface area contributed by atoms with E-state index >= 15 is 0 Å². The average molecular weight is 327 g/mol. The predicted octanol–water partition coefficient (Wildman–Crippen LogP) is 3.01. The Morgan fingerprint density at radius 2 is 1.79 bits per heavy atom. The van der Waals surface area contributed by atoms with Gasteiger partial charge in [-0.15, -0.1) is 0 Å². The van der Waals surface area contributed by atoms with Crippen LogP contribution in [0.15, 0.2) is 36.4 Å². The fourth-order valence-electron chi connectivity index (χ4n) is 3.05. The molecule has 2 aromatic rings. The van der Waals surface area contributed by atoms with Gasteiger partial charge < -0.3 is 14.2 Å². The summed E-state index contributed by atoms with van der Waals surface area (Å²) in [6.45, 7) is 2.43. The van der Waals surface area contributed by atoms with E-state index in [1.807, 2.05) is 36.4 Å². The number of hydrogen-bond acceptors (Lipinski definition) is 5. The number of methoxy groups -OCH3 is 3. The molecule has 5 heteroatoms. The fraction of sp³-hybridized carbons (Fsp3) is 0.316. The van der Waals surface area contributed by atoms with Crippen molar-refractivity contribution in [3.05, 3.63) is 58.7 Å². The summed E-state index contributed by atoms with van der Waals surface area (Å²) < 4.78 is 15.5. The van der Waals surface area contributed by atoms with Crippen molar-refractivity contribution >= 4 is 5.97 Å². The van der Waals surface area contributed by atoms with Crippen molar-refractivity contribution in [2.24, 2.45) is 0 Å². The minimum atomic E-state index is -0.298. The normalized spacial score (nSPS) is 13.5. The van der Waals surface area contributed by atoms with Crippen LogP contribution < -0.4 is 9.47 Å². The molecule has 1 heterocycles. The SMILES string of the molecule is COC(=O)c1ccc2c(c1)CN(Cc1ccc(OC)cc1OC)C2. The third-order valence-corrected chi connectivity index (χ3v) is 4.30. The molecule has 3 rings (SSSR count). The summed E-state index contributed by atoms with van der Waals surface area (Å²) >= 11 is 0. The molecule has 24 heavy (non-hydrogen) atoms. The number of ether oxygens (including phenoxy) is 3. The molecule has 1 aliphatic rings. The lowest BCUT2D eigenvalue weighted by atomic mass is 10.1. The molecule has 0 saturated carbocycles. The lowest BCUT2D eigenvalue weighted by Gasteiger charge is -2.17. The summed E-state index contributed by atoms with van der Waals surface area (Å²) in [6, 6.07) is 11.6. The van der Waals surface area contributed by atoms with Crippen LogP contribution in [0.2, 0.25) is 0 Å². The number of carbonyl (C=O) groups excluding carboxylic acids is 1. The van der Waals surface area contributed by atoms with Crippen LogP contribution in [0.5, 0.6) is 11.5 Å². The molecular weight excluding hydrogens is 306 g/mol. The van der Waals surface area contributed by atoms with Crippen LogP contribution in [0.25, 0.3) is 0 Å². The Bertz CT molecular complexity index is 757. The maximum atomic E-state index is 11.7. The quantitative estimate of drug-likeness (QED) is 0.790. The van der Waals surface area contributed by atoms with Gasteiger partial charge in [-0.3, -0.25) is 4.90 Å². The Balaban J connectivity index is 1.75. The third kappa shape index (κ3) is 3.21. The molecule has 0 aliphatic carbocycles. The van der Waals surface area contributed by atoms with Crippen molar-refractivity contribution in [2.75, 3.05) is 21.3 Å². The number of rotatable bonds is 5. The fourth-order valence-corrected chi connectivity index (χ4v) is 3.05. The summed E-state index contributed by atoms with van der Waals surface area (Å²) in [7, 11) is 4.71. The molecule has 0 amide bonds. The minimum Gasteiger partial charge on any atom is -0.497 e. The van der Waals surface area contributed by atoms with E-state index in [0.29, 0.717) is 5.56 Å². The first-order valence-electron chi connectivity index (χ1n) is 7.78. The maximum Gasteiger partial charge on any atom is 0.337 e. The molecule has 0 aromatic heterocycles. The van der Waals surface area contributed by atoms with Crippen LogP contribution in [0.1, 0.15) is 27.0 Å². The van der Waals surface area contributed by atoms with Crippen molar-refractivity contribution in [3.63, 3.8) is 0 Å². The van der Waals surface area contributed by atoms with Gasteiger partial charge in [0, 0.05) is 31.3 Å². The topological polar surface area (TPSA) is 48.0 Å². The second-order valence-corrected chi connectivity index (χ2v) is 5.80. The molecule has 126 valence electrons. The van der Waals surface area contributed by atoms with Gasteiger partial charge >= 0.3 is 5.97 Å². The lowest BCUT2D eigenvalue weighted by molar-refractivity contribution is 0.0600. The van der Waals surface area contributed by atoms with Crippen LogP contribution in [0.4, 0.5) is 0 Å². The molecule has 0 fully saturated rings. The van der Waals surface area contributed by atoms with Gasteiger partial charge in [-0.05, 0) is 29.3 Å². The Kier molecular flexibility index (Phi) is 4.71. The number of esters is 1. The van der Waals surface area contributed by atoms with Crippen molar-refractivity contribution in [1.82, 2.24) is 4.90 Å². The van der Waals surface area contributed by atoms with E-state index in [2.05, 4.69) is 4.90 Å². The maximum absolute atomic E-state index is 11.7. The van der Waals surface area contributed by atoms with E-state index in [1.165, 1.54) is 18.2 Å². The van der Waals surface area contributed by atoms with Gasteiger partial charge in [0.2, 0.25) is 0 Å². The van der Waals surface area contributed by atoms with Crippen molar-refractivity contribution in [3.8, 4) is 11.5 Å². The van der Waals surface area contributed by atoms with E-state index in [4.69, 9.17) is 14.2 Å². The summed E-state index contributed by atoms with van der Waals surface area (Å²) in [5, 5.41) is 0. The lowest BCUT2D eigenvalue weighted by Crippen LogP contribution is -2.16. The highest BCUT2D eigenvalue weighted by molar-refractivity contribution is 5.89. The van der Waals surface area contributed by atoms with Gasteiger partial charge in [0.25, 0.3) is 0 Å². The first-order valence-corrected chi connectivity index (χ1v) is 7.78. The molecule has 0 N–H and O–H groups in total. The largest absolute Gasteiger partial charge is 0.497 e. The molecule has 2 aromatic carbocycles. The summed E-state index contributed by atoms with van der Waals surface area (Å²) in [5.74, 6) is 1.30. The summed E-state index contributed by atoms with van der Waals surface area (Å²) in [5.41, 5.74) is 4.12. The predicted molar refractivity (Wildman–Crippen MR) is 90.3 cm³/mol. The van der Waals surface area contributed by atoms with Gasteiger partial charge in [0.15, 0.2) is 0 Å². The molecule has 0 bridgehead atoms. The van der Waals surface area contributed by atoms with Gasteiger partial charge in [0.05, 0.1) is 26.9 Å². The van der Waals surface area contributed by atoms with E-state index < -0.39 is 0 Å². The number of fused-ring (bicyclic) bond motifs is 1. The van der Waals surface area contributed by atoms with E-state index in [0.717, 1.165) is 36.7 Å². The van der Waals surface area contributed by atoms with E-state index in [9.17, 15) is 4.79 Å². The van der Waals surface area contributed by atoms with Crippen molar-refractivity contribution in [2.45, 2.75) is 19.6 Å². The Hall–Kier alpha value is -2.53. The zero-order chi connectivity index (χ0) is 17.1. The molecule has 0 saturated heterocycles. The zero-order valence-corrected chi connectivity index (χ0v) is 14.2. The van der Waals surface area contributed by atoms with Crippen molar-refractivity contribution in [1.29, 1.82) is 0 Å². The van der Waals surface area contributed by atoms with Crippen molar-refractivity contribution < 1.29 is 19.0 Å². The standard InChI is InChI=1S/C19H21NO4/c1-22-17-7-6-15(18(9-17)23-2)11-20-10-14-5-4-13(19(21)24-3)8-16(14)12-20/h4-9H,10-12H2,1-3H3. The van der Waals surface area contributed by atoms with Gasteiger partial charge in [-0.1, -0.05) is 12.1 Å². The van der Waals surface area contributed by atoms with Gasteiger partial charge in [0.1, 0.15) is 11.5 Å². The van der Waals surface area contributed by atoms with Crippen LogP contribution in [-0.2, 0) is 24.4 Å². The number of hydrogen-bond donors (Lipinski definition) is 0. The van der Waals surface area contributed by atoms with E-state index in [-0.39, 0.29) is 5.97 Å². The molecule has 0 unspecified atom stereocenters. The highest BCUT2D eigenvalue weighted by atomic mass is 16.5. The monoisotopic (exact) mass is 327 g/mol. The van der Waals surface area contributed by atoms with Crippen LogP contribution in [-0.4, -0.2) is 32.2 Å². The first-order chi connectivity index (χ1) is 11.6. The highest BCUT2D eigenvalue weighted by Crippen LogP contribution is 2.30. The Morgan fingerprint density at radius 1 is 1.00 bits per heavy atom. The molecule has 1 aliphatic heterocycles. The average Bonchev–Trinajstić information content (AvgIpc) is 3.02. The van der Waals surface area contributed by atoms with Crippen LogP contribution in [0.3, 0.4) is 0 Å². The number of carbonyl (C=O) groups is 1. The zero-order valence-electron chi connectivity index (χ0n) is 14.2. The van der Waals surface area contributed by atoms with Gasteiger partial charge in [-0.2, -0.15) is 0 Å². The highest BCUT2D eigenvalue weighted by Gasteiger charge is 2.21. The Labute approximate surface area is 141 Å². The molecule has 0 spiro atoms. The number of benzene rings is 2. The molecule has 0 radical (unpaired) electrons. The molecule has 5 nitrogen and oxygen atoms in total. The Morgan fingerprint density at radius 3 is 2.50 bits per heavy atom. The summed E-state index contributed by atoms with van der Waals surface area (Å²) in [4.78, 5) is 14.0. The second-order valence-electron chi connectivity index (χ2n) is 5.80. The number of nitrogens with zero attached hydrogens (tertiary/aromatic N) is 1. The van der Waals surface area contributed by atoms with Crippen LogP contribution >= 0.6 is 0 Å². The van der Waals surface area contributed by atoms with Gasteiger partial charge in [-0.25, -0.2) is 4.79 Å². The van der Waals surface area contributed by atoms with Crippen LogP contribution in [0, 0.1) is 0 Å². The summed E-state index contributed by atoms with van der Waals surface area (Å²) in [6.07, 6.45) is 0. The smallest absolute Gasteiger partial charge is 0.337 e. The first kappa shape index (κ1) is 16.3. The molecule has 0 atom stereocenters. The second kappa shape index (κ2) is 6.93. The van der Waals surface area contributed by atoms with E-state index in [1.54, 1.807) is 14.2 Å². The third-order valence-electron chi connectivity index (χ3n) is 4.30. The molecular formula is C19H21NO4. The minimum absolute atomic E-state index is 0.298.